The Morgan fingerprint density at radius 2 is 2.36 bits per heavy atom. The summed E-state index contributed by atoms with van der Waals surface area (Å²) in [6.07, 6.45) is 0.507. The van der Waals surface area contributed by atoms with E-state index in [-0.39, 0.29) is 6.17 Å². The van der Waals surface area contributed by atoms with Crippen LogP contribution in [-0.4, -0.2) is 49.4 Å². The van der Waals surface area contributed by atoms with Gasteiger partial charge >= 0.3 is 0 Å². The first-order chi connectivity index (χ1) is 5.16. The highest BCUT2D eigenvalue weighted by Gasteiger charge is 2.24. The summed E-state index contributed by atoms with van der Waals surface area (Å²) in [6.45, 7) is 0. The van der Waals surface area contributed by atoms with E-state index in [0.717, 1.165) is 12.2 Å². The van der Waals surface area contributed by atoms with Gasteiger partial charge in [-0.15, -0.1) is 5.10 Å². The van der Waals surface area contributed by atoms with Crippen LogP contribution in [0.5, 0.6) is 0 Å². The molecule has 0 saturated carbocycles. The SMILES string of the molecule is CN(C)C1=NNC(C=O)N1C. The van der Waals surface area contributed by atoms with E-state index in [4.69, 9.17) is 0 Å². The Balaban J connectivity index is 2.66. The van der Waals surface area contributed by atoms with E-state index in [2.05, 4.69) is 10.5 Å². The summed E-state index contributed by atoms with van der Waals surface area (Å²) in [4.78, 5) is 14.0. The maximum Gasteiger partial charge on any atom is 0.220 e. The minimum absolute atomic E-state index is 0.313. The molecule has 0 fully saturated rings. The molecule has 0 bridgehead atoms. The van der Waals surface area contributed by atoms with Crippen LogP contribution in [0.15, 0.2) is 5.10 Å². The third-order valence-corrected chi connectivity index (χ3v) is 1.56. The van der Waals surface area contributed by atoms with Gasteiger partial charge in [0.15, 0.2) is 12.5 Å². The predicted molar refractivity (Wildman–Crippen MR) is 41.9 cm³/mol. The molecule has 0 spiro atoms. The maximum absolute atomic E-state index is 10.4. The first-order valence-corrected chi connectivity index (χ1v) is 3.35. The molecule has 11 heavy (non-hydrogen) atoms. The molecule has 0 aliphatic carbocycles. The fourth-order valence-corrected chi connectivity index (χ4v) is 0.951. The van der Waals surface area contributed by atoms with Crippen LogP contribution in [0.3, 0.4) is 0 Å². The second kappa shape index (κ2) is 2.77. The van der Waals surface area contributed by atoms with E-state index >= 15 is 0 Å². The molecule has 0 amide bonds. The first-order valence-electron chi connectivity index (χ1n) is 3.35. The average molecular weight is 156 g/mol. The lowest BCUT2D eigenvalue weighted by Crippen LogP contribution is -2.42. The van der Waals surface area contributed by atoms with E-state index in [1.54, 1.807) is 4.90 Å². The van der Waals surface area contributed by atoms with Gasteiger partial charge in [-0.1, -0.05) is 0 Å². The summed E-state index contributed by atoms with van der Waals surface area (Å²) in [6, 6.07) is 0. The summed E-state index contributed by atoms with van der Waals surface area (Å²) in [5.74, 6) is 0.766. The number of aldehydes is 1. The van der Waals surface area contributed by atoms with Crippen molar-refractivity contribution in [2.24, 2.45) is 5.10 Å². The average Bonchev–Trinajstić information content (AvgIpc) is 2.30. The van der Waals surface area contributed by atoms with Crippen LogP contribution in [0, 0.1) is 0 Å². The number of guanidine groups is 1. The summed E-state index contributed by atoms with van der Waals surface area (Å²) in [5, 5.41) is 3.96. The maximum atomic E-state index is 10.4. The van der Waals surface area contributed by atoms with E-state index in [0.29, 0.717) is 0 Å². The van der Waals surface area contributed by atoms with Gasteiger partial charge in [-0.2, -0.15) is 0 Å². The highest BCUT2D eigenvalue weighted by Crippen LogP contribution is 2.01. The minimum atomic E-state index is -0.313. The van der Waals surface area contributed by atoms with Crippen molar-refractivity contribution in [3.8, 4) is 0 Å². The number of carbonyl (C=O) groups is 1. The molecule has 0 aromatic rings. The van der Waals surface area contributed by atoms with Crippen LogP contribution in [-0.2, 0) is 4.79 Å². The summed E-state index contributed by atoms with van der Waals surface area (Å²) >= 11 is 0. The van der Waals surface area contributed by atoms with E-state index in [1.165, 1.54) is 0 Å². The van der Waals surface area contributed by atoms with Gasteiger partial charge in [-0.3, -0.25) is 10.2 Å². The zero-order valence-corrected chi connectivity index (χ0v) is 6.90. The Morgan fingerprint density at radius 3 is 2.64 bits per heavy atom. The zero-order valence-electron chi connectivity index (χ0n) is 6.90. The second-order valence-corrected chi connectivity index (χ2v) is 2.63. The molecule has 5 nitrogen and oxygen atoms in total. The van der Waals surface area contributed by atoms with Crippen LogP contribution in [0.4, 0.5) is 0 Å². The Morgan fingerprint density at radius 1 is 1.73 bits per heavy atom. The lowest BCUT2D eigenvalue weighted by molar-refractivity contribution is -0.111. The van der Waals surface area contributed by atoms with Gasteiger partial charge in [0, 0.05) is 21.1 Å². The Labute approximate surface area is 65.7 Å². The molecule has 1 atom stereocenters. The Hall–Kier alpha value is -1.26. The van der Waals surface area contributed by atoms with Gasteiger partial charge in [0.1, 0.15) is 0 Å². The Bertz CT molecular complexity index is 189. The predicted octanol–water partition coefficient (Wildman–Crippen LogP) is -1.12. The van der Waals surface area contributed by atoms with Gasteiger partial charge in [-0.25, -0.2) is 0 Å². The lowest BCUT2D eigenvalue weighted by Gasteiger charge is -2.21. The largest absolute Gasteiger partial charge is 0.347 e. The number of nitrogens with one attached hydrogen (secondary N) is 1. The first kappa shape index (κ1) is 7.84. The minimum Gasteiger partial charge on any atom is -0.347 e. The van der Waals surface area contributed by atoms with E-state index in [1.807, 2.05) is 26.0 Å². The van der Waals surface area contributed by atoms with E-state index < -0.39 is 0 Å². The standard InChI is InChI=1S/C6H12N4O/c1-9(2)6-8-7-5(4-11)10(6)3/h4-5,7H,1-3H3. The lowest BCUT2D eigenvalue weighted by atomic mass is 10.5. The fraction of sp³-hybridized carbons (Fsp3) is 0.667. The fourth-order valence-electron chi connectivity index (χ4n) is 0.951. The molecular formula is C6H12N4O. The number of carbonyl (C=O) groups excluding carboxylic acids is 1. The van der Waals surface area contributed by atoms with Crippen LogP contribution in [0.25, 0.3) is 0 Å². The van der Waals surface area contributed by atoms with Crippen LogP contribution < -0.4 is 5.43 Å². The van der Waals surface area contributed by atoms with E-state index in [9.17, 15) is 4.79 Å². The number of rotatable bonds is 1. The van der Waals surface area contributed by atoms with Crippen molar-refractivity contribution in [1.82, 2.24) is 15.2 Å². The molecule has 1 unspecified atom stereocenters. The molecule has 1 rings (SSSR count). The molecular weight excluding hydrogens is 144 g/mol. The molecule has 0 saturated heterocycles. The van der Waals surface area contributed by atoms with Gasteiger partial charge in [0.05, 0.1) is 0 Å². The quantitative estimate of drug-likeness (QED) is 0.488. The molecule has 1 N–H and O–H groups in total. The summed E-state index contributed by atoms with van der Waals surface area (Å²) in [7, 11) is 5.58. The highest BCUT2D eigenvalue weighted by molar-refractivity contribution is 5.84. The van der Waals surface area contributed by atoms with Crippen molar-refractivity contribution in [2.45, 2.75) is 6.17 Å². The number of hydrogen-bond acceptors (Lipinski definition) is 5. The second-order valence-electron chi connectivity index (χ2n) is 2.63. The number of hydrazone groups is 1. The van der Waals surface area contributed by atoms with Gasteiger partial charge in [0.25, 0.3) is 0 Å². The molecule has 1 aliphatic rings. The number of nitrogens with zero attached hydrogens (tertiary/aromatic N) is 3. The smallest absolute Gasteiger partial charge is 0.220 e. The third kappa shape index (κ3) is 1.26. The highest BCUT2D eigenvalue weighted by atomic mass is 16.1. The topological polar surface area (TPSA) is 47.9 Å². The zero-order chi connectivity index (χ0) is 8.43. The van der Waals surface area contributed by atoms with Crippen molar-refractivity contribution in [3.63, 3.8) is 0 Å². The van der Waals surface area contributed by atoms with Crippen molar-refractivity contribution in [1.29, 1.82) is 0 Å². The van der Waals surface area contributed by atoms with Crippen molar-refractivity contribution < 1.29 is 4.79 Å². The summed E-state index contributed by atoms with van der Waals surface area (Å²) < 4.78 is 0. The molecule has 1 aliphatic heterocycles. The molecule has 0 aromatic carbocycles. The van der Waals surface area contributed by atoms with Crippen molar-refractivity contribution in [2.75, 3.05) is 21.1 Å². The van der Waals surface area contributed by atoms with Crippen molar-refractivity contribution >= 4 is 12.2 Å². The molecule has 0 aromatic heterocycles. The number of likely N-dealkylation sites (N-methyl/N-ethyl adjacent to an activating group) is 1. The monoisotopic (exact) mass is 156 g/mol. The van der Waals surface area contributed by atoms with Gasteiger partial charge < -0.3 is 9.80 Å². The normalized spacial score (nSPS) is 22.6. The molecule has 62 valence electrons. The number of hydrogen-bond donors (Lipinski definition) is 1. The van der Waals surface area contributed by atoms with Gasteiger partial charge in [0.2, 0.25) is 5.96 Å². The molecule has 0 radical (unpaired) electrons. The van der Waals surface area contributed by atoms with Crippen LogP contribution in [0.2, 0.25) is 0 Å². The molecule has 1 heterocycles. The van der Waals surface area contributed by atoms with Gasteiger partial charge in [-0.05, 0) is 0 Å². The van der Waals surface area contributed by atoms with Crippen LogP contribution >= 0.6 is 0 Å². The Kier molecular flexibility index (Phi) is 1.98. The third-order valence-electron chi connectivity index (χ3n) is 1.56. The van der Waals surface area contributed by atoms with Crippen LogP contribution in [0.1, 0.15) is 0 Å². The summed E-state index contributed by atoms with van der Waals surface area (Å²) in [5.41, 5.74) is 2.69. The van der Waals surface area contributed by atoms with Crippen molar-refractivity contribution in [3.05, 3.63) is 0 Å². The molecule has 5 heteroatoms.